The monoisotopic (exact) mass is 193 g/mol. The Labute approximate surface area is 83.8 Å². The molecule has 0 aliphatic rings. The van der Waals surface area contributed by atoms with E-state index in [1.54, 1.807) is 6.07 Å². The van der Waals surface area contributed by atoms with Gasteiger partial charge in [-0.25, -0.2) is 0 Å². The SMILES string of the molecule is C/C(=C\COc1cccc(N)c1)CO. The summed E-state index contributed by atoms with van der Waals surface area (Å²) < 4.78 is 5.39. The summed E-state index contributed by atoms with van der Waals surface area (Å²) in [6, 6.07) is 7.26. The zero-order valence-electron chi connectivity index (χ0n) is 8.23. The van der Waals surface area contributed by atoms with Crippen molar-refractivity contribution in [3.63, 3.8) is 0 Å². The second-order valence-corrected chi connectivity index (χ2v) is 3.09. The van der Waals surface area contributed by atoms with Gasteiger partial charge in [0.1, 0.15) is 12.4 Å². The van der Waals surface area contributed by atoms with Crippen LogP contribution in [0, 0.1) is 0 Å². The number of anilines is 1. The van der Waals surface area contributed by atoms with Gasteiger partial charge in [0.25, 0.3) is 0 Å². The molecule has 3 N–H and O–H groups in total. The topological polar surface area (TPSA) is 55.5 Å². The minimum Gasteiger partial charge on any atom is -0.489 e. The lowest BCUT2D eigenvalue weighted by Gasteiger charge is -2.04. The lowest BCUT2D eigenvalue weighted by atomic mass is 10.3. The molecule has 14 heavy (non-hydrogen) atoms. The smallest absolute Gasteiger partial charge is 0.121 e. The van der Waals surface area contributed by atoms with E-state index in [4.69, 9.17) is 15.6 Å². The number of nitrogen functional groups attached to an aromatic ring is 1. The molecule has 0 saturated heterocycles. The van der Waals surface area contributed by atoms with Gasteiger partial charge in [-0.1, -0.05) is 6.07 Å². The summed E-state index contributed by atoms with van der Waals surface area (Å²) in [6.45, 7) is 2.37. The zero-order chi connectivity index (χ0) is 10.4. The van der Waals surface area contributed by atoms with Gasteiger partial charge in [0, 0.05) is 11.8 Å². The fraction of sp³-hybridized carbons (Fsp3) is 0.273. The average Bonchev–Trinajstić information content (AvgIpc) is 2.17. The Morgan fingerprint density at radius 2 is 2.36 bits per heavy atom. The Morgan fingerprint density at radius 3 is 3.00 bits per heavy atom. The van der Waals surface area contributed by atoms with Crippen LogP contribution >= 0.6 is 0 Å². The maximum Gasteiger partial charge on any atom is 0.121 e. The summed E-state index contributed by atoms with van der Waals surface area (Å²) in [4.78, 5) is 0. The fourth-order valence-corrected chi connectivity index (χ4v) is 0.949. The second-order valence-electron chi connectivity index (χ2n) is 3.09. The van der Waals surface area contributed by atoms with E-state index in [2.05, 4.69) is 0 Å². The maximum absolute atomic E-state index is 8.73. The number of benzene rings is 1. The fourth-order valence-electron chi connectivity index (χ4n) is 0.949. The lowest BCUT2D eigenvalue weighted by Crippen LogP contribution is -1.96. The molecule has 3 nitrogen and oxygen atoms in total. The van der Waals surface area contributed by atoms with Gasteiger partial charge in [0.15, 0.2) is 0 Å². The van der Waals surface area contributed by atoms with E-state index >= 15 is 0 Å². The van der Waals surface area contributed by atoms with Crippen molar-refractivity contribution in [1.29, 1.82) is 0 Å². The van der Waals surface area contributed by atoms with Gasteiger partial charge in [-0.2, -0.15) is 0 Å². The molecule has 0 unspecified atom stereocenters. The summed E-state index contributed by atoms with van der Waals surface area (Å²) >= 11 is 0. The number of hydrogen-bond donors (Lipinski definition) is 2. The Balaban J connectivity index is 2.46. The Bertz CT molecular complexity index is 321. The van der Waals surface area contributed by atoms with Crippen LogP contribution in [0.1, 0.15) is 6.92 Å². The maximum atomic E-state index is 8.73. The number of ether oxygens (including phenoxy) is 1. The highest BCUT2D eigenvalue weighted by Gasteiger charge is 1.92. The van der Waals surface area contributed by atoms with Crippen molar-refractivity contribution >= 4 is 5.69 Å². The molecule has 0 amide bonds. The van der Waals surface area contributed by atoms with Gasteiger partial charge in [-0.3, -0.25) is 0 Å². The predicted octanol–water partition coefficient (Wildman–Crippen LogP) is 1.59. The molecule has 1 aromatic rings. The molecule has 0 aliphatic heterocycles. The molecule has 76 valence electrons. The minimum absolute atomic E-state index is 0.0697. The predicted molar refractivity (Wildman–Crippen MR) is 57.2 cm³/mol. The van der Waals surface area contributed by atoms with Crippen LogP contribution in [0.5, 0.6) is 5.75 Å². The average molecular weight is 193 g/mol. The van der Waals surface area contributed by atoms with Crippen molar-refractivity contribution in [2.24, 2.45) is 0 Å². The quantitative estimate of drug-likeness (QED) is 0.564. The highest BCUT2D eigenvalue weighted by atomic mass is 16.5. The van der Waals surface area contributed by atoms with Crippen molar-refractivity contribution in [1.82, 2.24) is 0 Å². The summed E-state index contributed by atoms with van der Waals surface area (Å²) in [5, 5.41) is 8.73. The van der Waals surface area contributed by atoms with E-state index in [1.165, 1.54) is 0 Å². The van der Waals surface area contributed by atoms with Crippen molar-refractivity contribution in [3.05, 3.63) is 35.9 Å². The van der Waals surface area contributed by atoms with Crippen molar-refractivity contribution in [3.8, 4) is 5.75 Å². The number of hydrogen-bond acceptors (Lipinski definition) is 3. The molecule has 0 saturated carbocycles. The van der Waals surface area contributed by atoms with E-state index in [9.17, 15) is 0 Å². The summed E-state index contributed by atoms with van der Waals surface area (Å²) in [7, 11) is 0. The number of nitrogens with two attached hydrogens (primary N) is 1. The highest BCUT2D eigenvalue weighted by Crippen LogP contribution is 2.14. The molecule has 1 rings (SSSR count). The number of aliphatic hydroxyl groups excluding tert-OH is 1. The van der Waals surface area contributed by atoms with Gasteiger partial charge < -0.3 is 15.6 Å². The standard InChI is InChI=1S/C11H15NO2/c1-9(8-13)5-6-14-11-4-2-3-10(12)7-11/h2-5,7,13H,6,8,12H2,1H3/b9-5+. The summed E-state index contributed by atoms with van der Waals surface area (Å²) in [5.74, 6) is 0.743. The van der Waals surface area contributed by atoms with Crippen LogP contribution in [-0.4, -0.2) is 18.3 Å². The van der Waals surface area contributed by atoms with Crippen LogP contribution in [0.25, 0.3) is 0 Å². The first-order chi connectivity index (χ1) is 6.72. The van der Waals surface area contributed by atoms with Crippen LogP contribution in [-0.2, 0) is 0 Å². The summed E-state index contributed by atoms with van der Waals surface area (Å²) in [5.41, 5.74) is 7.16. The highest BCUT2D eigenvalue weighted by molar-refractivity contribution is 5.43. The molecule has 0 heterocycles. The molecule has 0 spiro atoms. The van der Waals surface area contributed by atoms with Gasteiger partial charge in [-0.15, -0.1) is 0 Å². The van der Waals surface area contributed by atoms with Crippen LogP contribution in [0.3, 0.4) is 0 Å². The first-order valence-electron chi connectivity index (χ1n) is 4.47. The molecular weight excluding hydrogens is 178 g/mol. The third-order valence-corrected chi connectivity index (χ3v) is 1.79. The normalized spacial score (nSPS) is 11.4. The molecule has 1 aromatic carbocycles. The van der Waals surface area contributed by atoms with Crippen LogP contribution in [0.2, 0.25) is 0 Å². The summed E-state index contributed by atoms with van der Waals surface area (Å²) in [6.07, 6.45) is 1.84. The van der Waals surface area contributed by atoms with E-state index in [0.717, 1.165) is 11.3 Å². The van der Waals surface area contributed by atoms with E-state index in [-0.39, 0.29) is 6.61 Å². The van der Waals surface area contributed by atoms with Crippen LogP contribution in [0.4, 0.5) is 5.69 Å². The van der Waals surface area contributed by atoms with Gasteiger partial charge >= 0.3 is 0 Å². The van der Waals surface area contributed by atoms with Gasteiger partial charge in [0.2, 0.25) is 0 Å². The largest absolute Gasteiger partial charge is 0.489 e. The molecular formula is C11H15NO2. The molecule has 3 heteroatoms. The third kappa shape index (κ3) is 3.49. The number of aliphatic hydroxyl groups is 1. The molecule has 0 fully saturated rings. The second kappa shape index (κ2) is 5.29. The molecule has 0 atom stereocenters. The molecule has 0 bridgehead atoms. The Kier molecular flexibility index (Phi) is 4.01. The Hall–Kier alpha value is -1.48. The Morgan fingerprint density at radius 1 is 1.57 bits per heavy atom. The van der Waals surface area contributed by atoms with Crippen molar-refractivity contribution < 1.29 is 9.84 Å². The molecule has 0 aliphatic carbocycles. The minimum atomic E-state index is 0.0697. The van der Waals surface area contributed by atoms with E-state index in [0.29, 0.717) is 12.3 Å². The zero-order valence-corrected chi connectivity index (χ0v) is 8.23. The molecule has 0 radical (unpaired) electrons. The molecule has 0 aromatic heterocycles. The lowest BCUT2D eigenvalue weighted by molar-refractivity contribution is 0.325. The number of rotatable bonds is 4. The van der Waals surface area contributed by atoms with E-state index < -0.39 is 0 Å². The third-order valence-electron chi connectivity index (χ3n) is 1.79. The first-order valence-corrected chi connectivity index (χ1v) is 4.47. The van der Waals surface area contributed by atoms with E-state index in [1.807, 2.05) is 31.2 Å². The van der Waals surface area contributed by atoms with Crippen molar-refractivity contribution in [2.75, 3.05) is 18.9 Å². The van der Waals surface area contributed by atoms with Crippen molar-refractivity contribution in [2.45, 2.75) is 6.92 Å². The first kappa shape index (κ1) is 10.6. The van der Waals surface area contributed by atoms with Gasteiger partial charge in [-0.05, 0) is 30.7 Å². The van der Waals surface area contributed by atoms with Gasteiger partial charge in [0.05, 0.1) is 6.61 Å². The van der Waals surface area contributed by atoms with Crippen LogP contribution < -0.4 is 10.5 Å². The van der Waals surface area contributed by atoms with Crippen LogP contribution in [0.15, 0.2) is 35.9 Å².